The monoisotopic (exact) mass is 614 g/mol. The van der Waals surface area contributed by atoms with Crippen LogP contribution in [0, 0.1) is 11.8 Å². The van der Waals surface area contributed by atoms with E-state index in [2.05, 4.69) is 5.32 Å². The number of hydrogen-bond donors (Lipinski definition) is 3. The zero-order valence-electron chi connectivity index (χ0n) is 24.9. The van der Waals surface area contributed by atoms with Gasteiger partial charge in [0, 0.05) is 37.4 Å². The molecular weight excluding hydrogens is 576 g/mol. The van der Waals surface area contributed by atoms with Gasteiger partial charge in [-0.25, -0.2) is 0 Å². The summed E-state index contributed by atoms with van der Waals surface area (Å²) in [5.41, 5.74) is 8.19. The summed E-state index contributed by atoms with van der Waals surface area (Å²) in [4.78, 5) is 13.5. The molecule has 0 radical (unpaired) electrons. The lowest BCUT2D eigenvalue weighted by atomic mass is 9.66. The lowest BCUT2D eigenvalue weighted by Crippen LogP contribution is -2.61. The number of phenolic OH excluding ortho intramolecular Hbond substituents is 1. The third-order valence-corrected chi connectivity index (χ3v) is 9.21. The zero-order chi connectivity index (χ0) is 30.5. The standard InChI is InChI=1S/C31H38N2O11/c1-14-38-12-24-30(42-14)19(33-5-4-32)10-25(43-24)44-29-17-9-21-20(40-13-41-21)8-16(17)26(27-18(29)11-39-31(27)35)15-6-22(36-2)28(34)23(7-15)37-3/h6-9,14,18-19,24-27,29-30,33-34H,4-5,10-13,32H2,1-3H3/t14?,18-,19?,24?,25?,26+,27-,29+,30?/m0/s1. The Labute approximate surface area is 254 Å². The van der Waals surface area contributed by atoms with E-state index in [9.17, 15) is 9.90 Å². The average Bonchev–Trinajstić information content (AvgIpc) is 3.65. The number of nitrogens with one attached hydrogen (secondary N) is 1. The summed E-state index contributed by atoms with van der Waals surface area (Å²) in [5.74, 6) is -0.246. The van der Waals surface area contributed by atoms with E-state index in [1.165, 1.54) is 14.2 Å². The molecule has 238 valence electrons. The smallest absolute Gasteiger partial charge is 0.310 e. The first kappa shape index (κ1) is 29.4. The minimum absolute atomic E-state index is 0.0737. The SMILES string of the molecule is COc1cc([C@@H]2c3cc4c(cc3[C@@H](OC3CC(NCCN)C5OC(C)OCC5O3)[C@H]3COC(=O)[C@H]23)OCO4)cc(OC)c1O. The van der Waals surface area contributed by atoms with Gasteiger partial charge >= 0.3 is 5.97 Å². The third-order valence-electron chi connectivity index (χ3n) is 9.21. The van der Waals surface area contributed by atoms with Crippen molar-refractivity contribution in [1.29, 1.82) is 0 Å². The molecule has 0 saturated carbocycles. The highest BCUT2D eigenvalue weighted by Gasteiger charge is 2.54. The molecule has 4 aliphatic heterocycles. The van der Waals surface area contributed by atoms with E-state index < -0.39 is 24.2 Å². The van der Waals surface area contributed by atoms with Crippen LogP contribution in [0.1, 0.15) is 42.1 Å². The van der Waals surface area contributed by atoms with Crippen LogP contribution in [0.4, 0.5) is 0 Å². The van der Waals surface area contributed by atoms with Crippen molar-refractivity contribution in [2.24, 2.45) is 17.6 Å². The van der Waals surface area contributed by atoms with Crippen molar-refractivity contribution >= 4 is 5.97 Å². The number of methoxy groups -OCH3 is 2. The van der Waals surface area contributed by atoms with E-state index in [4.69, 9.17) is 48.4 Å². The predicted octanol–water partition coefficient (Wildman–Crippen LogP) is 1.92. The number of cyclic esters (lactones) is 1. The summed E-state index contributed by atoms with van der Waals surface area (Å²) < 4.78 is 53.3. The molecule has 4 heterocycles. The number of nitrogens with two attached hydrogens (primary N) is 1. The second-order valence-corrected chi connectivity index (χ2v) is 11.7. The van der Waals surface area contributed by atoms with Crippen molar-refractivity contribution in [2.45, 2.75) is 56.2 Å². The largest absolute Gasteiger partial charge is 0.502 e. The number of phenols is 1. The molecular formula is C31H38N2O11. The summed E-state index contributed by atoms with van der Waals surface area (Å²) in [6, 6.07) is 7.20. The number of benzene rings is 2. The zero-order valence-corrected chi connectivity index (χ0v) is 24.9. The first-order valence-corrected chi connectivity index (χ1v) is 15.0. The van der Waals surface area contributed by atoms with Gasteiger partial charge in [0.05, 0.1) is 39.5 Å². The highest BCUT2D eigenvalue weighted by atomic mass is 16.7. The Balaban J connectivity index is 1.29. The molecule has 9 atom stereocenters. The maximum Gasteiger partial charge on any atom is 0.310 e. The van der Waals surface area contributed by atoms with Crippen LogP contribution in [0.5, 0.6) is 28.7 Å². The second kappa shape index (κ2) is 11.9. The molecule has 1 aliphatic carbocycles. The first-order valence-electron chi connectivity index (χ1n) is 15.0. The van der Waals surface area contributed by atoms with Gasteiger partial charge in [-0.1, -0.05) is 0 Å². The first-order chi connectivity index (χ1) is 21.4. The summed E-state index contributed by atoms with van der Waals surface area (Å²) in [7, 11) is 2.93. The molecule has 4 N–H and O–H groups in total. The van der Waals surface area contributed by atoms with E-state index in [-0.39, 0.29) is 67.1 Å². The van der Waals surface area contributed by atoms with E-state index in [0.717, 1.165) is 16.7 Å². The van der Waals surface area contributed by atoms with Crippen LogP contribution in [0.15, 0.2) is 24.3 Å². The minimum Gasteiger partial charge on any atom is -0.502 e. The molecule has 0 bridgehead atoms. The topological polar surface area (TPSA) is 158 Å². The summed E-state index contributed by atoms with van der Waals surface area (Å²) in [6.07, 6.45) is -1.59. The molecule has 3 saturated heterocycles. The number of carbonyl (C=O) groups excluding carboxylic acids is 1. The normalized spacial score (nSPS) is 33.6. The lowest BCUT2D eigenvalue weighted by molar-refractivity contribution is -0.324. The molecule has 2 aromatic rings. The Hall–Kier alpha value is -3.33. The Morgan fingerprint density at radius 2 is 1.73 bits per heavy atom. The van der Waals surface area contributed by atoms with Crippen LogP contribution in [0.2, 0.25) is 0 Å². The fourth-order valence-corrected chi connectivity index (χ4v) is 7.24. The molecule has 5 unspecified atom stereocenters. The third kappa shape index (κ3) is 5.01. The van der Waals surface area contributed by atoms with E-state index in [1.807, 2.05) is 19.1 Å². The molecule has 0 spiro atoms. The lowest BCUT2D eigenvalue weighted by Gasteiger charge is -2.47. The number of ether oxygens (including phenoxy) is 9. The number of fused-ring (bicyclic) bond motifs is 4. The summed E-state index contributed by atoms with van der Waals surface area (Å²) >= 11 is 0. The van der Waals surface area contributed by atoms with Gasteiger partial charge in [0.25, 0.3) is 0 Å². The fraction of sp³-hybridized carbons (Fsp3) is 0.581. The number of aromatic hydroxyl groups is 1. The number of esters is 1. The molecule has 13 nitrogen and oxygen atoms in total. The van der Waals surface area contributed by atoms with Crippen LogP contribution in [-0.4, -0.2) is 89.2 Å². The summed E-state index contributed by atoms with van der Waals surface area (Å²) in [6.45, 7) is 3.59. The number of rotatable bonds is 8. The van der Waals surface area contributed by atoms with Crippen molar-refractivity contribution in [3.63, 3.8) is 0 Å². The van der Waals surface area contributed by atoms with Crippen molar-refractivity contribution in [3.8, 4) is 28.7 Å². The summed E-state index contributed by atoms with van der Waals surface area (Å²) in [5, 5.41) is 14.1. The maximum absolute atomic E-state index is 13.5. The maximum atomic E-state index is 13.5. The van der Waals surface area contributed by atoms with Crippen molar-refractivity contribution < 1.29 is 52.5 Å². The van der Waals surface area contributed by atoms with Crippen molar-refractivity contribution in [2.75, 3.05) is 47.3 Å². The number of carbonyl (C=O) groups is 1. The highest BCUT2D eigenvalue weighted by Crippen LogP contribution is 2.57. The quantitative estimate of drug-likeness (QED) is 0.371. The second-order valence-electron chi connectivity index (χ2n) is 11.7. The molecule has 7 rings (SSSR count). The van der Waals surface area contributed by atoms with Gasteiger partial charge in [0.15, 0.2) is 35.6 Å². The van der Waals surface area contributed by atoms with Crippen LogP contribution in [0.3, 0.4) is 0 Å². The molecule has 0 aromatic heterocycles. The van der Waals surface area contributed by atoms with Gasteiger partial charge in [0.2, 0.25) is 12.5 Å². The van der Waals surface area contributed by atoms with Gasteiger partial charge in [0.1, 0.15) is 12.2 Å². The fourth-order valence-electron chi connectivity index (χ4n) is 7.24. The van der Waals surface area contributed by atoms with Crippen molar-refractivity contribution in [3.05, 3.63) is 41.0 Å². The van der Waals surface area contributed by atoms with Gasteiger partial charge in [-0.05, 0) is 47.9 Å². The predicted molar refractivity (Wildman–Crippen MR) is 152 cm³/mol. The Morgan fingerprint density at radius 1 is 1.00 bits per heavy atom. The average molecular weight is 615 g/mol. The Bertz CT molecular complexity index is 1380. The number of hydrogen-bond acceptors (Lipinski definition) is 13. The molecule has 2 aromatic carbocycles. The highest BCUT2D eigenvalue weighted by molar-refractivity contribution is 5.79. The Kier molecular flexibility index (Phi) is 7.93. The molecule has 3 fully saturated rings. The molecule has 0 amide bonds. The van der Waals surface area contributed by atoms with E-state index in [0.29, 0.717) is 37.6 Å². The van der Waals surface area contributed by atoms with E-state index >= 15 is 0 Å². The van der Waals surface area contributed by atoms with Crippen LogP contribution >= 0.6 is 0 Å². The van der Waals surface area contributed by atoms with Gasteiger partial charge < -0.3 is 58.8 Å². The molecule has 13 heteroatoms. The van der Waals surface area contributed by atoms with Gasteiger partial charge in [-0.15, -0.1) is 0 Å². The van der Waals surface area contributed by atoms with Gasteiger partial charge in [-0.3, -0.25) is 4.79 Å². The minimum atomic E-state index is -0.628. The van der Waals surface area contributed by atoms with Crippen LogP contribution in [0.25, 0.3) is 0 Å². The van der Waals surface area contributed by atoms with Crippen LogP contribution in [-0.2, 0) is 28.5 Å². The molecule has 5 aliphatic rings. The van der Waals surface area contributed by atoms with Crippen LogP contribution < -0.4 is 30.0 Å². The Morgan fingerprint density at radius 3 is 2.43 bits per heavy atom. The van der Waals surface area contributed by atoms with Gasteiger partial charge in [-0.2, -0.15) is 0 Å². The molecule has 44 heavy (non-hydrogen) atoms. The van der Waals surface area contributed by atoms with E-state index in [1.54, 1.807) is 12.1 Å². The van der Waals surface area contributed by atoms with Crippen molar-refractivity contribution in [1.82, 2.24) is 5.32 Å².